The largest absolute Gasteiger partial charge is 0.493 e. The first-order valence-corrected chi connectivity index (χ1v) is 7.42. The predicted octanol–water partition coefficient (Wildman–Crippen LogP) is 2.39. The summed E-state index contributed by atoms with van der Waals surface area (Å²) in [4.78, 5) is 11.5. The summed E-state index contributed by atoms with van der Waals surface area (Å²) in [5.41, 5.74) is 3.00. The second-order valence-electron chi connectivity index (χ2n) is 5.51. The highest BCUT2D eigenvalue weighted by molar-refractivity contribution is 5.75. The van der Waals surface area contributed by atoms with E-state index < -0.39 is 12.0 Å². The van der Waals surface area contributed by atoms with Gasteiger partial charge in [-0.25, -0.2) is 0 Å². The molecule has 1 heterocycles. The van der Waals surface area contributed by atoms with E-state index in [1.165, 1.54) is 0 Å². The third kappa shape index (κ3) is 2.87. The molecule has 3 rings (SSSR count). The van der Waals surface area contributed by atoms with Crippen LogP contribution < -0.4 is 14.8 Å². The highest BCUT2D eigenvalue weighted by atomic mass is 16.5. The Balaban J connectivity index is 2.13. The minimum absolute atomic E-state index is 0.194. The van der Waals surface area contributed by atoms with Gasteiger partial charge >= 0.3 is 5.97 Å². The zero-order valence-electron chi connectivity index (χ0n) is 13.1. The number of rotatable bonds is 4. The summed E-state index contributed by atoms with van der Waals surface area (Å²) in [6, 6.07) is 12.8. The number of hydrogen-bond acceptors (Lipinski definition) is 4. The molecule has 1 aliphatic rings. The molecule has 0 aliphatic carbocycles. The Morgan fingerprint density at radius 1 is 1.13 bits per heavy atom. The van der Waals surface area contributed by atoms with Crippen LogP contribution in [0.2, 0.25) is 0 Å². The van der Waals surface area contributed by atoms with Gasteiger partial charge in [-0.3, -0.25) is 10.1 Å². The van der Waals surface area contributed by atoms with E-state index in [1.807, 2.05) is 42.5 Å². The van der Waals surface area contributed by atoms with Crippen LogP contribution >= 0.6 is 0 Å². The number of nitrogens with one attached hydrogen (secondary N) is 1. The molecule has 0 unspecified atom stereocenters. The molecule has 120 valence electrons. The summed E-state index contributed by atoms with van der Waals surface area (Å²) in [7, 11) is 3.17. The van der Waals surface area contributed by atoms with E-state index in [2.05, 4.69) is 5.32 Å². The average molecular weight is 313 g/mol. The van der Waals surface area contributed by atoms with E-state index in [0.717, 1.165) is 16.7 Å². The van der Waals surface area contributed by atoms with Crippen LogP contribution in [-0.4, -0.2) is 31.3 Å². The minimum atomic E-state index is -0.855. The van der Waals surface area contributed by atoms with E-state index in [1.54, 1.807) is 14.2 Å². The summed E-state index contributed by atoms with van der Waals surface area (Å²) in [5, 5.41) is 12.7. The SMILES string of the molecule is COc1cc2c(cc1OC)[C@@H](c1ccccc1)N[C@H](C(=O)O)C2. The quantitative estimate of drug-likeness (QED) is 0.907. The number of methoxy groups -OCH3 is 2. The summed E-state index contributed by atoms with van der Waals surface area (Å²) >= 11 is 0. The van der Waals surface area contributed by atoms with E-state index in [9.17, 15) is 9.90 Å². The smallest absolute Gasteiger partial charge is 0.321 e. The fourth-order valence-electron chi connectivity index (χ4n) is 3.03. The van der Waals surface area contributed by atoms with Crippen molar-refractivity contribution in [2.75, 3.05) is 14.2 Å². The third-order valence-corrected chi connectivity index (χ3v) is 4.18. The number of carboxylic acids is 1. The molecule has 2 N–H and O–H groups in total. The fraction of sp³-hybridized carbons (Fsp3) is 0.278. The molecule has 2 atom stereocenters. The molecule has 0 bridgehead atoms. The Hall–Kier alpha value is -2.53. The van der Waals surface area contributed by atoms with Gasteiger partial charge in [0.1, 0.15) is 6.04 Å². The molecule has 0 saturated heterocycles. The van der Waals surface area contributed by atoms with Crippen LogP contribution in [-0.2, 0) is 11.2 Å². The number of benzene rings is 2. The molecule has 5 nitrogen and oxygen atoms in total. The Labute approximate surface area is 134 Å². The maximum absolute atomic E-state index is 11.5. The standard InChI is InChI=1S/C18H19NO4/c1-22-15-9-12-8-14(18(20)21)19-17(11-6-4-3-5-7-11)13(12)10-16(15)23-2/h3-7,9-10,14,17,19H,8H2,1-2H3,(H,20,21)/t14-,17+/m0/s1. The lowest BCUT2D eigenvalue weighted by Gasteiger charge is -2.32. The van der Waals surface area contributed by atoms with Gasteiger partial charge in [0.15, 0.2) is 11.5 Å². The van der Waals surface area contributed by atoms with Gasteiger partial charge in [-0.15, -0.1) is 0 Å². The van der Waals surface area contributed by atoms with Crippen LogP contribution in [0, 0.1) is 0 Å². The molecular formula is C18H19NO4. The molecule has 0 amide bonds. The van der Waals surface area contributed by atoms with Gasteiger partial charge in [0.25, 0.3) is 0 Å². The molecule has 23 heavy (non-hydrogen) atoms. The van der Waals surface area contributed by atoms with Crippen molar-refractivity contribution in [1.82, 2.24) is 5.32 Å². The number of fused-ring (bicyclic) bond motifs is 1. The second kappa shape index (κ2) is 6.30. The first-order valence-electron chi connectivity index (χ1n) is 7.42. The van der Waals surface area contributed by atoms with Crippen molar-refractivity contribution in [1.29, 1.82) is 0 Å². The zero-order valence-corrected chi connectivity index (χ0v) is 13.1. The van der Waals surface area contributed by atoms with Gasteiger partial charge < -0.3 is 14.6 Å². The van der Waals surface area contributed by atoms with Crippen molar-refractivity contribution in [3.8, 4) is 11.5 Å². The van der Waals surface area contributed by atoms with Crippen LogP contribution in [0.4, 0.5) is 0 Å². The van der Waals surface area contributed by atoms with Crippen molar-refractivity contribution in [2.45, 2.75) is 18.5 Å². The molecule has 0 spiro atoms. The first kappa shape index (κ1) is 15.4. The molecule has 1 aliphatic heterocycles. The number of ether oxygens (including phenoxy) is 2. The molecule has 5 heteroatoms. The average Bonchev–Trinajstić information content (AvgIpc) is 2.60. The van der Waals surface area contributed by atoms with Gasteiger partial charge in [0.2, 0.25) is 0 Å². The summed E-state index contributed by atoms with van der Waals surface area (Å²) in [5.74, 6) is 0.401. The number of carbonyl (C=O) groups is 1. The molecule has 2 aromatic carbocycles. The normalized spacial score (nSPS) is 19.7. The number of aliphatic carboxylic acids is 1. The highest BCUT2D eigenvalue weighted by Gasteiger charge is 2.32. The molecule has 2 aromatic rings. The van der Waals surface area contributed by atoms with Crippen LogP contribution in [0.25, 0.3) is 0 Å². The lowest BCUT2D eigenvalue weighted by atomic mass is 9.86. The van der Waals surface area contributed by atoms with Gasteiger partial charge in [0.05, 0.1) is 20.3 Å². The maximum atomic E-state index is 11.5. The minimum Gasteiger partial charge on any atom is -0.493 e. The first-order chi connectivity index (χ1) is 11.1. The van der Waals surface area contributed by atoms with Crippen molar-refractivity contribution in [2.24, 2.45) is 0 Å². The monoisotopic (exact) mass is 313 g/mol. The molecule has 0 radical (unpaired) electrons. The van der Waals surface area contributed by atoms with Crippen LogP contribution in [0.5, 0.6) is 11.5 Å². The number of carboxylic acid groups (broad SMARTS) is 1. The maximum Gasteiger partial charge on any atom is 0.321 e. The Morgan fingerprint density at radius 3 is 2.39 bits per heavy atom. The van der Waals surface area contributed by atoms with E-state index in [4.69, 9.17) is 9.47 Å². The predicted molar refractivity (Wildman–Crippen MR) is 86.1 cm³/mol. The second-order valence-corrected chi connectivity index (χ2v) is 5.51. The Morgan fingerprint density at radius 2 is 1.78 bits per heavy atom. The van der Waals surface area contributed by atoms with Crippen LogP contribution in [0.15, 0.2) is 42.5 Å². The van der Waals surface area contributed by atoms with E-state index in [0.29, 0.717) is 17.9 Å². The lowest BCUT2D eigenvalue weighted by Crippen LogP contribution is -2.45. The molecule has 0 saturated carbocycles. The third-order valence-electron chi connectivity index (χ3n) is 4.18. The molecule has 0 fully saturated rings. The van der Waals surface area contributed by atoms with Crippen molar-refractivity contribution in [3.63, 3.8) is 0 Å². The highest BCUT2D eigenvalue weighted by Crippen LogP contribution is 2.38. The Kier molecular flexibility index (Phi) is 4.21. The molecule has 0 aromatic heterocycles. The van der Waals surface area contributed by atoms with Gasteiger partial charge in [-0.05, 0) is 35.2 Å². The van der Waals surface area contributed by atoms with Gasteiger partial charge in [0, 0.05) is 0 Å². The van der Waals surface area contributed by atoms with Gasteiger partial charge in [-0.2, -0.15) is 0 Å². The summed E-state index contributed by atoms with van der Waals surface area (Å²) in [6.07, 6.45) is 0.411. The van der Waals surface area contributed by atoms with Crippen molar-refractivity contribution in [3.05, 3.63) is 59.2 Å². The topological polar surface area (TPSA) is 67.8 Å². The fourth-order valence-corrected chi connectivity index (χ4v) is 3.03. The van der Waals surface area contributed by atoms with Crippen LogP contribution in [0.1, 0.15) is 22.7 Å². The van der Waals surface area contributed by atoms with Crippen molar-refractivity contribution >= 4 is 5.97 Å². The summed E-state index contributed by atoms with van der Waals surface area (Å²) in [6.45, 7) is 0. The molecular weight excluding hydrogens is 294 g/mol. The lowest BCUT2D eigenvalue weighted by molar-refractivity contribution is -0.139. The summed E-state index contributed by atoms with van der Waals surface area (Å²) < 4.78 is 10.7. The van der Waals surface area contributed by atoms with Crippen molar-refractivity contribution < 1.29 is 19.4 Å². The van der Waals surface area contributed by atoms with Gasteiger partial charge in [-0.1, -0.05) is 30.3 Å². The van der Waals surface area contributed by atoms with E-state index >= 15 is 0 Å². The zero-order chi connectivity index (χ0) is 16.4. The number of hydrogen-bond donors (Lipinski definition) is 2. The van der Waals surface area contributed by atoms with E-state index in [-0.39, 0.29) is 6.04 Å². The Bertz CT molecular complexity index is 714. The van der Waals surface area contributed by atoms with Crippen LogP contribution in [0.3, 0.4) is 0 Å².